The van der Waals surface area contributed by atoms with Crippen LogP contribution in [0, 0.1) is 5.82 Å². The molecule has 2 saturated heterocycles. The van der Waals surface area contributed by atoms with Crippen molar-refractivity contribution in [2.75, 3.05) is 18.4 Å². The van der Waals surface area contributed by atoms with E-state index in [4.69, 9.17) is 0 Å². The summed E-state index contributed by atoms with van der Waals surface area (Å²) in [6, 6.07) is 8.11. The lowest BCUT2D eigenvalue weighted by Crippen LogP contribution is -2.46. The Labute approximate surface area is 201 Å². The van der Waals surface area contributed by atoms with Crippen LogP contribution in [-0.2, 0) is 6.18 Å². The third kappa shape index (κ3) is 4.02. The van der Waals surface area contributed by atoms with Gasteiger partial charge in [-0.1, -0.05) is 0 Å². The highest BCUT2D eigenvalue weighted by atomic mass is 19.4. The number of piperazine rings is 1. The molecule has 2 unspecified atom stereocenters. The van der Waals surface area contributed by atoms with Crippen molar-refractivity contribution >= 4 is 28.7 Å². The normalized spacial score (nSPS) is 19.3. The number of hydrogen-bond donors (Lipinski definition) is 3. The Hall–Kier alpha value is -4.06. The Bertz CT molecular complexity index is 1490. The maximum Gasteiger partial charge on any atom is 0.419 e. The Kier molecular flexibility index (Phi) is 5.14. The van der Waals surface area contributed by atoms with E-state index in [1.165, 1.54) is 24.5 Å². The van der Waals surface area contributed by atoms with Gasteiger partial charge in [-0.15, -0.1) is 0 Å². The molecule has 2 atom stereocenters. The van der Waals surface area contributed by atoms with Crippen LogP contribution >= 0.6 is 0 Å². The number of hydrogen-bond acceptors (Lipinski definition) is 6. The Morgan fingerprint density at radius 1 is 1.14 bits per heavy atom. The predicted molar refractivity (Wildman–Crippen MR) is 123 cm³/mol. The number of anilines is 2. The van der Waals surface area contributed by atoms with Crippen molar-refractivity contribution in [3.8, 4) is 11.3 Å². The second-order valence-electron chi connectivity index (χ2n) is 8.87. The molecule has 0 saturated carbocycles. The van der Waals surface area contributed by atoms with Gasteiger partial charge >= 0.3 is 6.18 Å². The average Bonchev–Trinajstić information content (AvgIpc) is 3.58. The number of carbonyl (C=O) groups excluding carboxylic acids is 1. The van der Waals surface area contributed by atoms with E-state index in [-0.39, 0.29) is 23.2 Å². The van der Waals surface area contributed by atoms with Crippen molar-refractivity contribution in [1.82, 2.24) is 30.2 Å². The molecule has 184 valence electrons. The number of aromatic nitrogens is 4. The molecule has 4 aromatic rings. The van der Waals surface area contributed by atoms with Gasteiger partial charge in [0.15, 0.2) is 0 Å². The molecule has 0 aliphatic carbocycles. The number of aromatic amines is 1. The van der Waals surface area contributed by atoms with Gasteiger partial charge in [-0.05, 0) is 42.8 Å². The van der Waals surface area contributed by atoms with Crippen LogP contribution in [0.15, 0.2) is 48.8 Å². The quantitative estimate of drug-likeness (QED) is 0.367. The Morgan fingerprint density at radius 3 is 2.75 bits per heavy atom. The second-order valence-corrected chi connectivity index (χ2v) is 8.87. The van der Waals surface area contributed by atoms with Crippen molar-refractivity contribution in [2.24, 2.45) is 0 Å². The lowest BCUT2D eigenvalue weighted by atomic mass is 10.1. The van der Waals surface area contributed by atoms with E-state index in [9.17, 15) is 22.4 Å². The summed E-state index contributed by atoms with van der Waals surface area (Å²) in [7, 11) is 0. The van der Waals surface area contributed by atoms with E-state index in [1.807, 2.05) is 4.90 Å². The first-order chi connectivity index (χ1) is 17.2. The fourth-order valence-corrected chi connectivity index (χ4v) is 4.76. The third-order valence-corrected chi connectivity index (χ3v) is 6.51. The average molecular weight is 497 g/mol. The SMILES string of the molecule is O=C(c1ccnc(Nc2nc3cc(-c4ccc(F)c(C(F)(F)F)c4)ncc3[nH]2)c1)N1CC2CC1CN2. The van der Waals surface area contributed by atoms with E-state index in [0.29, 0.717) is 40.9 Å². The third-order valence-electron chi connectivity index (χ3n) is 6.51. The van der Waals surface area contributed by atoms with Crippen molar-refractivity contribution in [1.29, 1.82) is 0 Å². The van der Waals surface area contributed by atoms with Gasteiger partial charge < -0.3 is 20.5 Å². The van der Waals surface area contributed by atoms with Crippen LogP contribution in [-0.4, -0.2) is 55.9 Å². The molecule has 3 aromatic heterocycles. The van der Waals surface area contributed by atoms with Gasteiger partial charge in [-0.2, -0.15) is 13.2 Å². The molecule has 1 amide bonds. The summed E-state index contributed by atoms with van der Waals surface area (Å²) >= 11 is 0. The number of rotatable bonds is 4. The van der Waals surface area contributed by atoms with Gasteiger partial charge in [0.2, 0.25) is 5.95 Å². The standard InChI is InChI=1S/C24H19F4N7O/c25-17-2-1-12(5-16(17)24(26,27)28)18-8-19-20(10-31-18)33-23(32-19)34-21-6-13(3-4-29-21)22(36)35-11-14-7-15(35)9-30-14/h1-6,8,10,14-15,30H,7,9,11H2,(H2,29,32,33,34). The molecule has 2 aliphatic rings. The van der Waals surface area contributed by atoms with Crippen molar-refractivity contribution in [2.45, 2.75) is 24.7 Å². The van der Waals surface area contributed by atoms with Gasteiger partial charge in [0.05, 0.1) is 28.5 Å². The molecule has 12 heteroatoms. The number of pyridine rings is 2. The molecular formula is C24H19F4N7O. The molecule has 2 aliphatic heterocycles. The number of imidazole rings is 1. The zero-order valence-corrected chi connectivity index (χ0v) is 18.6. The second kappa shape index (κ2) is 8.26. The maximum atomic E-state index is 13.7. The summed E-state index contributed by atoms with van der Waals surface area (Å²) in [6.07, 6.45) is -0.880. The number of fused-ring (bicyclic) bond motifs is 3. The Balaban J connectivity index is 1.24. The first-order valence-electron chi connectivity index (χ1n) is 11.2. The fourth-order valence-electron chi connectivity index (χ4n) is 4.76. The highest BCUT2D eigenvalue weighted by molar-refractivity contribution is 5.95. The van der Waals surface area contributed by atoms with Crippen molar-refractivity contribution in [3.05, 3.63) is 65.7 Å². The summed E-state index contributed by atoms with van der Waals surface area (Å²) in [4.78, 5) is 30.8. The van der Waals surface area contributed by atoms with Gasteiger partial charge in [0, 0.05) is 42.5 Å². The number of nitrogens with one attached hydrogen (secondary N) is 3. The maximum absolute atomic E-state index is 13.7. The van der Waals surface area contributed by atoms with E-state index in [2.05, 4.69) is 30.6 Å². The van der Waals surface area contributed by atoms with Gasteiger partial charge in [-0.3, -0.25) is 9.78 Å². The fraction of sp³-hybridized carbons (Fsp3) is 0.250. The summed E-state index contributed by atoms with van der Waals surface area (Å²) < 4.78 is 52.9. The first-order valence-corrected chi connectivity index (χ1v) is 11.2. The molecule has 2 fully saturated rings. The minimum atomic E-state index is -4.82. The minimum absolute atomic E-state index is 0.0505. The summed E-state index contributed by atoms with van der Waals surface area (Å²) in [6.45, 7) is 1.49. The van der Waals surface area contributed by atoms with Crippen LogP contribution in [0.25, 0.3) is 22.3 Å². The zero-order chi connectivity index (χ0) is 25.0. The molecular weight excluding hydrogens is 478 g/mol. The Morgan fingerprint density at radius 2 is 2.00 bits per heavy atom. The number of halogens is 4. The highest BCUT2D eigenvalue weighted by Gasteiger charge is 2.40. The molecule has 8 nitrogen and oxygen atoms in total. The van der Waals surface area contributed by atoms with Gasteiger partial charge in [0.25, 0.3) is 5.91 Å². The number of alkyl halides is 3. The van der Waals surface area contributed by atoms with Crippen LogP contribution in [0.3, 0.4) is 0 Å². The monoisotopic (exact) mass is 497 g/mol. The van der Waals surface area contributed by atoms with Crippen LogP contribution in [0.5, 0.6) is 0 Å². The van der Waals surface area contributed by atoms with Crippen molar-refractivity contribution in [3.63, 3.8) is 0 Å². The number of nitrogens with zero attached hydrogens (tertiary/aromatic N) is 4. The molecule has 1 aromatic carbocycles. The van der Waals surface area contributed by atoms with Crippen LogP contribution in [0.4, 0.5) is 29.3 Å². The lowest BCUT2D eigenvalue weighted by Gasteiger charge is -2.27. The molecule has 0 radical (unpaired) electrons. The highest BCUT2D eigenvalue weighted by Crippen LogP contribution is 2.34. The molecule has 36 heavy (non-hydrogen) atoms. The number of carbonyl (C=O) groups is 1. The molecule has 3 N–H and O–H groups in total. The van der Waals surface area contributed by atoms with E-state index in [0.717, 1.165) is 25.1 Å². The molecule has 0 spiro atoms. The van der Waals surface area contributed by atoms with E-state index >= 15 is 0 Å². The van der Waals surface area contributed by atoms with Crippen LogP contribution in [0.1, 0.15) is 22.3 Å². The number of likely N-dealkylation sites (tertiary alicyclic amines) is 1. The smallest absolute Gasteiger partial charge is 0.333 e. The zero-order valence-electron chi connectivity index (χ0n) is 18.6. The topological polar surface area (TPSA) is 98.8 Å². The number of amides is 1. The van der Waals surface area contributed by atoms with E-state index < -0.39 is 17.6 Å². The largest absolute Gasteiger partial charge is 0.419 e. The summed E-state index contributed by atoms with van der Waals surface area (Å²) in [5, 5.41) is 6.39. The summed E-state index contributed by atoms with van der Waals surface area (Å²) in [5.41, 5.74) is 0.454. The number of H-pyrrole nitrogens is 1. The van der Waals surface area contributed by atoms with Gasteiger partial charge in [-0.25, -0.2) is 14.4 Å². The minimum Gasteiger partial charge on any atom is -0.333 e. The molecule has 5 heterocycles. The molecule has 6 rings (SSSR count). The van der Waals surface area contributed by atoms with Crippen molar-refractivity contribution < 1.29 is 22.4 Å². The first kappa shape index (κ1) is 22.4. The van der Waals surface area contributed by atoms with Gasteiger partial charge in [0.1, 0.15) is 11.6 Å². The summed E-state index contributed by atoms with van der Waals surface area (Å²) in [5.74, 6) is -0.671. The molecule has 2 bridgehead atoms. The van der Waals surface area contributed by atoms with Crippen LogP contribution in [0.2, 0.25) is 0 Å². The van der Waals surface area contributed by atoms with Crippen LogP contribution < -0.4 is 10.6 Å². The lowest BCUT2D eigenvalue weighted by molar-refractivity contribution is -0.139. The van der Waals surface area contributed by atoms with E-state index in [1.54, 1.807) is 12.1 Å². The number of benzene rings is 1. The predicted octanol–water partition coefficient (Wildman–Crippen LogP) is 4.11.